The fourth-order valence-electron chi connectivity index (χ4n) is 3.11. The van der Waals surface area contributed by atoms with Crippen molar-refractivity contribution in [3.8, 4) is 5.75 Å². The molecule has 0 saturated heterocycles. The van der Waals surface area contributed by atoms with Gasteiger partial charge in [0.25, 0.3) is 0 Å². The summed E-state index contributed by atoms with van der Waals surface area (Å²) in [6.07, 6.45) is 0.892. The predicted molar refractivity (Wildman–Crippen MR) is 113 cm³/mol. The van der Waals surface area contributed by atoms with Gasteiger partial charge >= 0.3 is 5.97 Å². The Morgan fingerprint density at radius 3 is 2.24 bits per heavy atom. The number of Topliss-reactive ketones (excluding diaryl/α,β-unsaturated/α-hetero) is 1. The molecule has 2 rings (SSSR count). The number of hydrogen-bond acceptors (Lipinski definition) is 5. The summed E-state index contributed by atoms with van der Waals surface area (Å²) in [7, 11) is 1.61. The Morgan fingerprint density at radius 2 is 1.72 bits per heavy atom. The third-order valence-corrected chi connectivity index (χ3v) is 6.23. The first-order chi connectivity index (χ1) is 13.8. The second kappa shape index (κ2) is 10.4. The van der Waals surface area contributed by atoms with E-state index in [1.807, 2.05) is 31.2 Å². The highest BCUT2D eigenvalue weighted by molar-refractivity contribution is 8.00. The van der Waals surface area contributed by atoms with E-state index in [1.54, 1.807) is 37.9 Å². The summed E-state index contributed by atoms with van der Waals surface area (Å²) in [6, 6.07) is 14.0. The predicted octanol–water partition coefficient (Wildman–Crippen LogP) is 5.39. The molecule has 0 radical (unpaired) electrons. The largest absolute Gasteiger partial charge is 0.497 e. The average molecular weight is 419 g/mol. The van der Waals surface area contributed by atoms with Gasteiger partial charge in [0.05, 0.1) is 13.7 Å². The van der Waals surface area contributed by atoms with Gasteiger partial charge in [0, 0.05) is 9.64 Å². The van der Waals surface area contributed by atoms with E-state index >= 15 is 0 Å². The van der Waals surface area contributed by atoms with E-state index in [-0.39, 0.29) is 18.2 Å². The van der Waals surface area contributed by atoms with E-state index < -0.39 is 16.6 Å². The summed E-state index contributed by atoms with van der Waals surface area (Å²) >= 11 is 1.61. The molecule has 2 aromatic rings. The standard InChI is InChI=1S/C23H27FO4S/c1-5-28-22(26)21(16(2)25)14-15-23(3,17-6-8-18(24)9-7-17)29-20-12-10-19(27-4)11-13-20/h6-13,21H,5,14-15H2,1-4H3. The fraction of sp³-hybridized carbons (Fsp3) is 0.391. The van der Waals surface area contributed by atoms with Crippen molar-refractivity contribution in [2.24, 2.45) is 5.92 Å². The van der Waals surface area contributed by atoms with Crippen molar-refractivity contribution in [2.45, 2.75) is 43.3 Å². The van der Waals surface area contributed by atoms with Crippen LogP contribution in [-0.2, 0) is 19.1 Å². The monoisotopic (exact) mass is 418 g/mol. The van der Waals surface area contributed by atoms with Crippen LogP contribution in [0.5, 0.6) is 5.75 Å². The number of ether oxygens (including phenoxy) is 2. The topological polar surface area (TPSA) is 52.6 Å². The van der Waals surface area contributed by atoms with E-state index in [0.717, 1.165) is 16.2 Å². The number of esters is 1. The molecule has 2 aromatic carbocycles. The Bertz CT molecular complexity index is 820. The van der Waals surface area contributed by atoms with Crippen molar-refractivity contribution in [1.29, 1.82) is 0 Å². The summed E-state index contributed by atoms with van der Waals surface area (Å²) in [5.74, 6) is -1.04. The maximum absolute atomic E-state index is 13.5. The third-order valence-electron chi connectivity index (χ3n) is 4.83. The van der Waals surface area contributed by atoms with Crippen molar-refractivity contribution in [3.05, 3.63) is 59.9 Å². The summed E-state index contributed by atoms with van der Waals surface area (Å²) < 4.78 is 23.3. The second-order valence-corrected chi connectivity index (χ2v) is 8.55. The number of carbonyl (C=O) groups excluding carboxylic acids is 2. The summed E-state index contributed by atoms with van der Waals surface area (Å²) in [5.41, 5.74) is 0.922. The molecule has 0 aliphatic carbocycles. The van der Waals surface area contributed by atoms with Gasteiger partial charge in [-0.1, -0.05) is 12.1 Å². The summed E-state index contributed by atoms with van der Waals surface area (Å²) in [4.78, 5) is 25.2. The number of halogens is 1. The zero-order valence-corrected chi connectivity index (χ0v) is 18.1. The molecule has 0 aliphatic rings. The van der Waals surface area contributed by atoms with Crippen molar-refractivity contribution in [2.75, 3.05) is 13.7 Å². The number of carbonyl (C=O) groups is 2. The molecule has 2 unspecified atom stereocenters. The van der Waals surface area contributed by atoms with Gasteiger partial charge in [0.15, 0.2) is 0 Å². The highest BCUT2D eigenvalue weighted by atomic mass is 32.2. The van der Waals surface area contributed by atoms with Crippen molar-refractivity contribution in [3.63, 3.8) is 0 Å². The van der Waals surface area contributed by atoms with Gasteiger partial charge in [-0.15, -0.1) is 11.8 Å². The highest BCUT2D eigenvalue weighted by Gasteiger charge is 2.33. The van der Waals surface area contributed by atoms with Gasteiger partial charge in [-0.25, -0.2) is 4.39 Å². The number of rotatable bonds is 10. The molecule has 0 fully saturated rings. The maximum atomic E-state index is 13.5. The molecule has 0 heterocycles. The quantitative estimate of drug-likeness (QED) is 0.294. The molecule has 2 atom stereocenters. The van der Waals surface area contributed by atoms with Crippen molar-refractivity contribution < 1.29 is 23.5 Å². The van der Waals surface area contributed by atoms with Crippen LogP contribution in [0.4, 0.5) is 4.39 Å². The molecule has 4 nitrogen and oxygen atoms in total. The first-order valence-corrected chi connectivity index (χ1v) is 10.4. The van der Waals surface area contributed by atoms with Crippen LogP contribution in [0, 0.1) is 11.7 Å². The van der Waals surface area contributed by atoms with Crippen molar-refractivity contribution >= 4 is 23.5 Å². The molecule has 0 saturated carbocycles. The molecule has 0 amide bonds. The lowest BCUT2D eigenvalue weighted by Crippen LogP contribution is -2.27. The van der Waals surface area contributed by atoms with Crippen LogP contribution in [-0.4, -0.2) is 25.5 Å². The van der Waals surface area contributed by atoms with E-state index in [2.05, 4.69) is 0 Å². The van der Waals surface area contributed by atoms with Gasteiger partial charge in [-0.2, -0.15) is 0 Å². The molecule has 6 heteroatoms. The lowest BCUT2D eigenvalue weighted by molar-refractivity contribution is -0.151. The fourth-order valence-corrected chi connectivity index (χ4v) is 4.38. The second-order valence-electron chi connectivity index (χ2n) is 6.97. The van der Waals surface area contributed by atoms with E-state index in [0.29, 0.717) is 12.8 Å². The first-order valence-electron chi connectivity index (χ1n) is 9.55. The number of benzene rings is 2. The van der Waals surface area contributed by atoms with Gasteiger partial charge in [-0.05, 0) is 75.6 Å². The van der Waals surface area contributed by atoms with Crippen LogP contribution in [0.3, 0.4) is 0 Å². The van der Waals surface area contributed by atoms with E-state index in [1.165, 1.54) is 19.1 Å². The molecule has 0 aromatic heterocycles. The minimum absolute atomic E-state index is 0.209. The molecule has 0 aliphatic heterocycles. The van der Waals surface area contributed by atoms with Crippen LogP contribution in [0.15, 0.2) is 53.4 Å². The smallest absolute Gasteiger partial charge is 0.316 e. The lowest BCUT2D eigenvalue weighted by Gasteiger charge is -2.31. The Labute approximate surface area is 175 Å². The summed E-state index contributed by atoms with van der Waals surface area (Å²) in [5, 5.41) is 0. The molecule has 0 N–H and O–H groups in total. The van der Waals surface area contributed by atoms with Crippen LogP contribution in [0.2, 0.25) is 0 Å². The first kappa shape index (κ1) is 22.9. The Balaban J connectivity index is 2.29. The molecule has 29 heavy (non-hydrogen) atoms. The number of hydrogen-bond donors (Lipinski definition) is 0. The Hall–Kier alpha value is -2.34. The van der Waals surface area contributed by atoms with Crippen LogP contribution < -0.4 is 4.74 Å². The Morgan fingerprint density at radius 1 is 1.10 bits per heavy atom. The Kier molecular flexibility index (Phi) is 8.26. The molecule has 156 valence electrons. The molecule has 0 spiro atoms. The van der Waals surface area contributed by atoms with Gasteiger partial charge in [0.1, 0.15) is 23.3 Å². The zero-order chi connectivity index (χ0) is 21.4. The van der Waals surface area contributed by atoms with Gasteiger partial charge in [-0.3, -0.25) is 9.59 Å². The minimum atomic E-state index is -0.800. The molecule has 0 bridgehead atoms. The molecular weight excluding hydrogens is 391 g/mol. The minimum Gasteiger partial charge on any atom is -0.497 e. The average Bonchev–Trinajstić information content (AvgIpc) is 2.69. The number of ketones is 1. The maximum Gasteiger partial charge on any atom is 0.316 e. The highest BCUT2D eigenvalue weighted by Crippen LogP contribution is 2.45. The van der Waals surface area contributed by atoms with Crippen LogP contribution >= 0.6 is 11.8 Å². The molecular formula is C23H27FO4S. The van der Waals surface area contributed by atoms with Crippen LogP contribution in [0.25, 0.3) is 0 Å². The third kappa shape index (κ3) is 6.32. The van der Waals surface area contributed by atoms with Crippen LogP contribution in [0.1, 0.15) is 39.2 Å². The lowest BCUT2D eigenvalue weighted by atomic mass is 9.89. The summed E-state index contributed by atoms with van der Waals surface area (Å²) in [6.45, 7) is 5.40. The zero-order valence-electron chi connectivity index (χ0n) is 17.2. The van der Waals surface area contributed by atoms with E-state index in [4.69, 9.17) is 9.47 Å². The van der Waals surface area contributed by atoms with Gasteiger partial charge in [0.2, 0.25) is 0 Å². The number of methoxy groups -OCH3 is 1. The van der Waals surface area contributed by atoms with Gasteiger partial charge < -0.3 is 9.47 Å². The van der Waals surface area contributed by atoms with Crippen molar-refractivity contribution in [1.82, 2.24) is 0 Å². The van der Waals surface area contributed by atoms with E-state index in [9.17, 15) is 14.0 Å². The normalized spacial score (nSPS) is 14.0. The number of thioether (sulfide) groups is 1. The SMILES string of the molecule is CCOC(=O)C(CCC(C)(Sc1ccc(OC)cc1)c1ccc(F)cc1)C(C)=O.